The van der Waals surface area contributed by atoms with E-state index in [1.807, 2.05) is 0 Å². The minimum atomic E-state index is -0.286. The minimum Gasteiger partial charge on any atom is -0.312 e. The van der Waals surface area contributed by atoms with Gasteiger partial charge in [-0.15, -0.1) is 0 Å². The Morgan fingerprint density at radius 1 is 1.10 bits per heavy atom. The third-order valence-corrected chi connectivity index (χ3v) is 4.46. The third-order valence-electron chi connectivity index (χ3n) is 3.91. The van der Waals surface area contributed by atoms with Gasteiger partial charge >= 0.3 is 6.03 Å². The molecule has 0 atom stereocenters. The maximum absolute atomic E-state index is 12.5. The summed E-state index contributed by atoms with van der Waals surface area (Å²) in [5.41, 5.74) is 0.370. The molecule has 1 aliphatic carbocycles. The fourth-order valence-corrected chi connectivity index (χ4v) is 3.28. The number of anilines is 1. The van der Waals surface area contributed by atoms with Gasteiger partial charge in [-0.1, -0.05) is 36.0 Å². The summed E-state index contributed by atoms with van der Waals surface area (Å²) in [5, 5.41) is 0.800. The van der Waals surface area contributed by atoms with Crippen molar-refractivity contribution in [1.82, 2.24) is 4.90 Å². The molecule has 0 unspecified atom stereocenters. The first-order valence-electron chi connectivity index (χ1n) is 6.66. The first-order chi connectivity index (χ1) is 9.58. The summed E-state index contributed by atoms with van der Waals surface area (Å²) in [5.74, 6) is -0.244. The topological polar surface area (TPSA) is 40.6 Å². The van der Waals surface area contributed by atoms with E-state index in [9.17, 15) is 9.59 Å². The Bertz CT molecular complexity index is 570. The van der Waals surface area contributed by atoms with Crippen LogP contribution in [0, 0.1) is 0 Å². The predicted octanol–water partition coefficient (Wildman–Crippen LogP) is 3.70. The quantitative estimate of drug-likeness (QED) is 0.781. The minimum absolute atomic E-state index is 0.131. The van der Waals surface area contributed by atoms with Crippen molar-refractivity contribution in [1.29, 1.82) is 0 Å². The van der Waals surface area contributed by atoms with Crippen LogP contribution in [-0.2, 0) is 4.79 Å². The number of amides is 3. The van der Waals surface area contributed by atoms with Gasteiger partial charge in [-0.2, -0.15) is 0 Å². The van der Waals surface area contributed by atoms with Crippen LogP contribution in [-0.4, -0.2) is 29.4 Å². The zero-order chi connectivity index (χ0) is 14.3. The van der Waals surface area contributed by atoms with Gasteiger partial charge in [0.2, 0.25) is 0 Å². The maximum atomic E-state index is 12.5. The van der Waals surface area contributed by atoms with Crippen LogP contribution < -0.4 is 4.90 Å². The molecule has 1 aromatic carbocycles. The van der Waals surface area contributed by atoms with E-state index < -0.39 is 0 Å². The second kappa shape index (κ2) is 5.26. The highest BCUT2D eigenvalue weighted by Gasteiger charge is 2.42. The van der Waals surface area contributed by atoms with Gasteiger partial charge in [0.05, 0.1) is 10.7 Å². The molecule has 0 bridgehead atoms. The van der Waals surface area contributed by atoms with Crippen LogP contribution in [0.25, 0.3) is 0 Å². The molecule has 4 nitrogen and oxygen atoms in total. The number of carbonyl (C=O) groups is 2. The summed E-state index contributed by atoms with van der Waals surface area (Å²) in [4.78, 5) is 27.5. The number of hydrogen-bond donors (Lipinski definition) is 0. The highest BCUT2D eigenvalue weighted by molar-refractivity contribution is 6.37. The van der Waals surface area contributed by atoms with Gasteiger partial charge in [0.1, 0.15) is 6.54 Å². The highest BCUT2D eigenvalue weighted by Crippen LogP contribution is 2.34. The van der Waals surface area contributed by atoms with E-state index >= 15 is 0 Å². The molecule has 0 spiro atoms. The average Bonchev–Trinajstić information content (AvgIpc) is 3.02. The third kappa shape index (κ3) is 2.27. The molecule has 106 valence electrons. The summed E-state index contributed by atoms with van der Waals surface area (Å²) < 4.78 is 0. The first kappa shape index (κ1) is 13.7. The Morgan fingerprint density at radius 3 is 2.50 bits per heavy atom. The van der Waals surface area contributed by atoms with Gasteiger partial charge in [0, 0.05) is 11.1 Å². The summed E-state index contributed by atoms with van der Waals surface area (Å²) in [6.45, 7) is 0.131. The lowest BCUT2D eigenvalue weighted by Crippen LogP contribution is -2.38. The zero-order valence-corrected chi connectivity index (χ0v) is 12.3. The summed E-state index contributed by atoms with van der Waals surface area (Å²) in [6.07, 6.45) is 4.16. The molecule has 20 heavy (non-hydrogen) atoms. The molecule has 1 saturated heterocycles. The highest BCUT2D eigenvalue weighted by atomic mass is 35.5. The summed E-state index contributed by atoms with van der Waals surface area (Å²) in [6, 6.07) is 4.67. The Morgan fingerprint density at radius 2 is 1.80 bits per heavy atom. The van der Waals surface area contributed by atoms with Crippen LogP contribution in [0.15, 0.2) is 18.2 Å². The van der Waals surface area contributed by atoms with Crippen molar-refractivity contribution in [2.24, 2.45) is 0 Å². The molecule has 2 fully saturated rings. The molecule has 0 aromatic heterocycles. The standard InChI is InChI=1S/C14H14Cl2N2O2/c15-9-5-6-11(16)12(7-9)18-13(19)8-17(14(18)20)10-3-1-2-4-10/h5-7,10H,1-4,8H2. The van der Waals surface area contributed by atoms with Gasteiger partial charge < -0.3 is 4.90 Å². The molecule has 0 N–H and O–H groups in total. The van der Waals surface area contributed by atoms with Gasteiger partial charge in [0.25, 0.3) is 5.91 Å². The van der Waals surface area contributed by atoms with Crippen molar-refractivity contribution < 1.29 is 9.59 Å². The maximum Gasteiger partial charge on any atom is 0.332 e. The number of rotatable bonds is 2. The molecular formula is C14H14Cl2N2O2. The largest absolute Gasteiger partial charge is 0.332 e. The smallest absolute Gasteiger partial charge is 0.312 e. The normalized spacial score (nSPS) is 20.3. The number of urea groups is 1. The summed E-state index contributed by atoms with van der Waals surface area (Å²) in [7, 11) is 0. The van der Waals surface area contributed by atoms with E-state index in [1.165, 1.54) is 0 Å². The van der Waals surface area contributed by atoms with Crippen molar-refractivity contribution in [2.45, 2.75) is 31.7 Å². The van der Waals surface area contributed by atoms with Gasteiger partial charge in [-0.3, -0.25) is 4.79 Å². The fourth-order valence-electron chi connectivity index (χ4n) is 2.91. The van der Waals surface area contributed by atoms with Crippen LogP contribution in [0.5, 0.6) is 0 Å². The number of nitrogens with zero attached hydrogens (tertiary/aromatic N) is 2. The number of carbonyl (C=O) groups excluding carboxylic acids is 2. The number of imide groups is 1. The molecule has 1 saturated carbocycles. The van der Waals surface area contributed by atoms with Gasteiger partial charge in [0.15, 0.2) is 0 Å². The lowest BCUT2D eigenvalue weighted by molar-refractivity contribution is -0.116. The van der Waals surface area contributed by atoms with Crippen LogP contribution in [0.4, 0.5) is 10.5 Å². The fraction of sp³-hybridized carbons (Fsp3) is 0.429. The molecule has 3 amide bonds. The SMILES string of the molecule is O=C1CN(C2CCCC2)C(=O)N1c1cc(Cl)ccc1Cl. The van der Waals surface area contributed by atoms with Crippen molar-refractivity contribution in [3.05, 3.63) is 28.2 Å². The van der Waals surface area contributed by atoms with Gasteiger partial charge in [-0.25, -0.2) is 9.69 Å². The Balaban J connectivity index is 1.92. The van der Waals surface area contributed by atoms with E-state index in [1.54, 1.807) is 23.1 Å². The Labute approximate surface area is 127 Å². The number of halogens is 2. The lowest BCUT2D eigenvalue weighted by Gasteiger charge is -2.23. The molecule has 3 rings (SSSR count). The molecule has 6 heteroatoms. The van der Waals surface area contributed by atoms with Crippen molar-refractivity contribution in [3.63, 3.8) is 0 Å². The van der Waals surface area contributed by atoms with Crippen LogP contribution in [0.1, 0.15) is 25.7 Å². The van der Waals surface area contributed by atoms with E-state index in [-0.39, 0.29) is 24.5 Å². The van der Waals surface area contributed by atoms with E-state index in [0.717, 1.165) is 30.6 Å². The molecule has 1 aromatic rings. The van der Waals surface area contributed by atoms with E-state index in [0.29, 0.717) is 15.7 Å². The number of benzene rings is 1. The second-order valence-electron chi connectivity index (χ2n) is 5.17. The molecule has 1 aliphatic heterocycles. The van der Waals surface area contributed by atoms with Crippen molar-refractivity contribution in [3.8, 4) is 0 Å². The Kier molecular flexibility index (Phi) is 3.61. The lowest BCUT2D eigenvalue weighted by atomic mass is 10.2. The second-order valence-corrected chi connectivity index (χ2v) is 6.02. The van der Waals surface area contributed by atoms with Crippen molar-refractivity contribution >= 4 is 40.8 Å². The first-order valence-corrected chi connectivity index (χ1v) is 7.42. The molecular weight excluding hydrogens is 299 g/mol. The predicted molar refractivity (Wildman–Crippen MR) is 78.3 cm³/mol. The van der Waals surface area contributed by atoms with Crippen LogP contribution in [0.3, 0.4) is 0 Å². The monoisotopic (exact) mass is 312 g/mol. The molecule has 0 radical (unpaired) electrons. The van der Waals surface area contributed by atoms with Crippen LogP contribution >= 0.6 is 23.2 Å². The van der Waals surface area contributed by atoms with Gasteiger partial charge in [-0.05, 0) is 31.0 Å². The molecule has 2 aliphatic rings. The average molecular weight is 313 g/mol. The zero-order valence-electron chi connectivity index (χ0n) is 10.8. The van der Waals surface area contributed by atoms with Crippen molar-refractivity contribution in [2.75, 3.05) is 11.4 Å². The summed E-state index contributed by atoms with van der Waals surface area (Å²) >= 11 is 12.0. The molecule has 1 heterocycles. The Hall–Kier alpha value is -1.26. The van der Waals surface area contributed by atoms with E-state index in [2.05, 4.69) is 0 Å². The van der Waals surface area contributed by atoms with E-state index in [4.69, 9.17) is 23.2 Å². The van der Waals surface area contributed by atoms with Crippen LogP contribution in [0.2, 0.25) is 10.0 Å². The number of hydrogen-bond acceptors (Lipinski definition) is 2.